The fourth-order valence-electron chi connectivity index (χ4n) is 1.77. The first-order chi connectivity index (χ1) is 9.25. The first-order valence-electron chi connectivity index (χ1n) is 6.47. The summed E-state index contributed by atoms with van der Waals surface area (Å²) in [7, 11) is -0.710. The van der Waals surface area contributed by atoms with Crippen molar-refractivity contribution in [2.45, 2.75) is 0 Å². The molecule has 1 aliphatic rings. The molecule has 0 aromatic carbocycles. The van der Waals surface area contributed by atoms with Crippen molar-refractivity contribution in [1.82, 2.24) is 0 Å². The van der Waals surface area contributed by atoms with E-state index < -0.39 is 0 Å². The molecule has 0 spiro atoms. The van der Waals surface area contributed by atoms with Gasteiger partial charge in [0.25, 0.3) is 0 Å². The lowest BCUT2D eigenvalue weighted by Gasteiger charge is -2.17. The monoisotopic (exact) mass is 340 g/mol. The fourth-order valence-corrected chi connectivity index (χ4v) is 7.20. The van der Waals surface area contributed by atoms with E-state index in [4.69, 9.17) is 0 Å². The molecule has 20 heavy (non-hydrogen) atoms. The zero-order chi connectivity index (χ0) is 15.4. The lowest BCUT2D eigenvalue weighted by atomic mass is 10.3. The van der Waals surface area contributed by atoms with Crippen LogP contribution in [0.3, 0.4) is 0 Å². The Labute approximate surface area is 130 Å². The molecule has 0 fully saturated rings. The fraction of sp³-hybridized carbons (Fsp3) is 0.500. The van der Waals surface area contributed by atoms with E-state index in [-0.39, 0.29) is 31.7 Å². The van der Waals surface area contributed by atoms with Gasteiger partial charge in [-0.2, -0.15) is 0 Å². The van der Waals surface area contributed by atoms with E-state index in [0.29, 0.717) is 0 Å². The molecule has 0 nitrogen and oxygen atoms in total. The highest BCUT2D eigenvalue weighted by Crippen LogP contribution is 2.51. The molecule has 108 valence electrons. The Morgan fingerprint density at radius 1 is 0.400 bits per heavy atom. The van der Waals surface area contributed by atoms with Gasteiger partial charge in [0.2, 0.25) is 0 Å². The van der Waals surface area contributed by atoms with Gasteiger partial charge in [0.15, 0.2) is 0 Å². The molecule has 0 atom stereocenters. The van der Waals surface area contributed by atoms with Crippen LogP contribution in [0.25, 0.3) is 0 Å². The summed E-state index contributed by atoms with van der Waals surface area (Å²) in [5, 5.41) is 5.31. The Hall–Kier alpha value is 0.320. The van der Waals surface area contributed by atoms with Crippen LogP contribution in [0.15, 0.2) is 21.3 Å². The van der Waals surface area contributed by atoms with Gasteiger partial charge in [0.1, 0.15) is 0 Å². The SMILES string of the molecule is CP(C)/C1=C(\P(C)C)C#C/C(P(C)C)=C(/P(C)C)C#C1. The first-order valence-corrected chi connectivity index (χ1v) is 15.4. The summed E-state index contributed by atoms with van der Waals surface area (Å²) in [6, 6.07) is 0. The van der Waals surface area contributed by atoms with E-state index in [9.17, 15) is 0 Å². The highest BCUT2D eigenvalue weighted by Gasteiger charge is 2.15. The van der Waals surface area contributed by atoms with Crippen LogP contribution in [0.4, 0.5) is 0 Å². The minimum Gasteiger partial charge on any atom is -0.0710 e. The van der Waals surface area contributed by atoms with E-state index in [2.05, 4.69) is 77.0 Å². The Kier molecular flexibility index (Phi) is 7.43. The zero-order valence-electron chi connectivity index (χ0n) is 13.8. The molecule has 0 aliphatic heterocycles. The van der Waals surface area contributed by atoms with Crippen molar-refractivity contribution in [1.29, 1.82) is 0 Å². The normalized spacial score (nSPS) is 22.6. The van der Waals surface area contributed by atoms with Crippen LogP contribution in [-0.4, -0.2) is 53.3 Å². The number of hydrogen-bond donors (Lipinski definition) is 0. The van der Waals surface area contributed by atoms with Crippen molar-refractivity contribution in [2.24, 2.45) is 0 Å². The molecule has 1 rings (SSSR count). The summed E-state index contributed by atoms with van der Waals surface area (Å²) in [4.78, 5) is 0. The van der Waals surface area contributed by atoms with Gasteiger partial charge < -0.3 is 0 Å². The van der Waals surface area contributed by atoms with Crippen LogP contribution in [0.5, 0.6) is 0 Å². The topological polar surface area (TPSA) is 0 Å². The highest BCUT2D eigenvalue weighted by atomic mass is 31.1. The molecule has 0 saturated carbocycles. The second-order valence-electron chi connectivity index (χ2n) is 5.47. The third-order valence-corrected chi connectivity index (χ3v) is 8.11. The van der Waals surface area contributed by atoms with Crippen molar-refractivity contribution in [2.75, 3.05) is 53.3 Å². The third-order valence-electron chi connectivity index (χ3n) is 2.84. The number of rotatable bonds is 4. The molecule has 1 aliphatic carbocycles. The first kappa shape index (κ1) is 18.4. The predicted molar refractivity (Wildman–Crippen MR) is 105 cm³/mol. The van der Waals surface area contributed by atoms with Crippen molar-refractivity contribution in [3.05, 3.63) is 21.3 Å². The summed E-state index contributed by atoms with van der Waals surface area (Å²) >= 11 is 0. The van der Waals surface area contributed by atoms with Crippen molar-refractivity contribution in [3.63, 3.8) is 0 Å². The molecule has 0 saturated heterocycles. The Balaban J connectivity index is 3.51. The Morgan fingerprint density at radius 3 is 0.650 bits per heavy atom. The van der Waals surface area contributed by atoms with Crippen LogP contribution in [-0.2, 0) is 0 Å². The van der Waals surface area contributed by atoms with Gasteiger partial charge in [-0.3, -0.25) is 0 Å². The predicted octanol–water partition coefficient (Wildman–Crippen LogP) is 5.40. The van der Waals surface area contributed by atoms with E-state index in [1.54, 1.807) is 0 Å². The number of allylic oxidation sites excluding steroid dienone is 4. The van der Waals surface area contributed by atoms with Crippen LogP contribution in [0.2, 0.25) is 0 Å². The van der Waals surface area contributed by atoms with Gasteiger partial charge in [-0.05, 0) is 53.3 Å². The summed E-state index contributed by atoms with van der Waals surface area (Å²) in [5.41, 5.74) is 0. The standard InChI is InChI=1S/C16H24P4/c1-17(2)13-9-10-15(19(5)6)16(20(7)8)12-11-14(13)18(3)4/h1-8H3/b14-13-,16-15-. The molecule has 0 radical (unpaired) electrons. The summed E-state index contributed by atoms with van der Waals surface area (Å²) in [6.45, 7) is 18.3. The van der Waals surface area contributed by atoms with E-state index in [1.807, 2.05) is 0 Å². The van der Waals surface area contributed by atoms with Crippen LogP contribution in [0.1, 0.15) is 0 Å². The maximum Gasteiger partial charge on any atom is 0.0412 e. The van der Waals surface area contributed by atoms with Crippen LogP contribution >= 0.6 is 31.7 Å². The molecule has 0 aromatic heterocycles. The second kappa shape index (κ2) is 8.08. The van der Waals surface area contributed by atoms with Gasteiger partial charge in [0, 0.05) is 21.3 Å². The van der Waals surface area contributed by atoms with Gasteiger partial charge in [-0.15, -0.1) is 0 Å². The minimum atomic E-state index is -0.178. The highest BCUT2D eigenvalue weighted by molar-refractivity contribution is 7.66. The Morgan fingerprint density at radius 2 is 0.550 bits per heavy atom. The minimum absolute atomic E-state index is 0.178. The van der Waals surface area contributed by atoms with Crippen LogP contribution < -0.4 is 0 Å². The molecule has 0 bridgehead atoms. The zero-order valence-corrected chi connectivity index (χ0v) is 17.4. The summed E-state index contributed by atoms with van der Waals surface area (Å²) in [5.74, 6) is 14.0. The molecule has 0 amide bonds. The van der Waals surface area contributed by atoms with E-state index in [1.165, 1.54) is 21.3 Å². The van der Waals surface area contributed by atoms with E-state index in [0.717, 1.165) is 0 Å². The molecular weight excluding hydrogens is 316 g/mol. The molecule has 4 heteroatoms. The molecule has 0 N–H and O–H groups in total. The summed E-state index contributed by atoms with van der Waals surface area (Å²) in [6.07, 6.45) is 0. The smallest absolute Gasteiger partial charge is 0.0412 e. The molecule has 0 unspecified atom stereocenters. The maximum atomic E-state index is 3.51. The van der Waals surface area contributed by atoms with Gasteiger partial charge in [-0.25, -0.2) is 0 Å². The van der Waals surface area contributed by atoms with Gasteiger partial charge >= 0.3 is 0 Å². The average Bonchev–Trinajstić information content (AvgIpc) is 2.26. The van der Waals surface area contributed by atoms with Crippen LogP contribution in [0, 0.1) is 23.7 Å². The quantitative estimate of drug-likeness (QED) is 0.475. The molecular formula is C16H24P4. The van der Waals surface area contributed by atoms with Crippen molar-refractivity contribution in [3.8, 4) is 23.7 Å². The molecule has 0 heterocycles. The average molecular weight is 340 g/mol. The van der Waals surface area contributed by atoms with Gasteiger partial charge in [-0.1, -0.05) is 55.4 Å². The Bertz CT molecular complexity index is 459. The number of hydrogen-bond acceptors (Lipinski definition) is 0. The lowest BCUT2D eigenvalue weighted by Crippen LogP contribution is -1.92. The lowest BCUT2D eigenvalue weighted by molar-refractivity contribution is 1.81. The van der Waals surface area contributed by atoms with E-state index >= 15 is 0 Å². The second-order valence-corrected chi connectivity index (χ2v) is 14.4. The summed E-state index contributed by atoms with van der Waals surface area (Å²) < 4.78 is 0. The largest absolute Gasteiger partial charge is 0.0710 e. The van der Waals surface area contributed by atoms with Crippen molar-refractivity contribution >= 4 is 31.7 Å². The maximum absolute atomic E-state index is 3.51. The van der Waals surface area contributed by atoms with Gasteiger partial charge in [0.05, 0.1) is 0 Å². The third kappa shape index (κ3) is 4.67. The molecule has 0 aromatic rings. The van der Waals surface area contributed by atoms with Crippen molar-refractivity contribution < 1.29 is 0 Å².